The fraction of sp³-hybridized carbons (Fsp3) is 0.250. The van der Waals surface area contributed by atoms with Crippen molar-refractivity contribution in [1.29, 1.82) is 0 Å². The summed E-state index contributed by atoms with van der Waals surface area (Å²) in [7, 11) is 0. The lowest BCUT2D eigenvalue weighted by atomic mass is 9.68. The van der Waals surface area contributed by atoms with E-state index in [0.29, 0.717) is 5.92 Å². The Hall–Kier alpha value is -3.12. The SMILES string of the molecule is C=C/C=C(\C=C/C)c1ccc(C(C)C)cc1C(C)(c1ccccc1)c1ccccc1.CC. The maximum atomic E-state index is 3.95. The second-order valence-electron chi connectivity index (χ2n) is 8.17. The molecule has 0 radical (unpaired) electrons. The van der Waals surface area contributed by atoms with Gasteiger partial charge in [0.25, 0.3) is 0 Å². The molecule has 166 valence electrons. The van der Waals surface area contributed by atoms with Crippen molar-refractivity contribution in [2.75, 3.05) is 0 Å². The van der Waals surface area contributed by atoms with Crippen LogP contribution in [0, 0.1) is 0 Å². The van der Waals surface area contributed by atoms with Crippen LogP contribution in [0.4, 0.5) is 0 Å². The molecule has 0 aliphatic heterocycles. The average Bonchev–Trinajstić information content (AvgIpc) is 2.85. The zero-order chi connectivity index (χ0) is 23.6. The Morgan fingerprint density at radius 3 is 1.81 bits per heavy atom. The molecule has 0 saturated heterocycles. The number of allylic oxidation sites excluding steroid dienone is 5. The van der Waals surface area contributed by atoms with Crippen molar-refractivity contribution in [1.82, 2.24) is 0 Å². The molecule has 3 rings (SSSR count). The molecule has 0 aliphatic rings. The Morgan fingerprint density at radius 1 is 0.844 bits per heavy atom. The highest BCUT2D eigenvalue weighted by Gasteiger charge is 2.33. The van der Waals surface area contributed by atoms with Gasteiger partial charge in [-0.1, -0.05) is 137 Å². The molecule has 0 heterocycles. The van der Waals surface area contributed by atoms with E-state index >= 15 is 0 Å². The molecule has 0 amide bonds. The van der Waals surface area contributed by atoms with Gasteiger partial charge in [0.1, 0.15) is 0 Å². The van der Waals surface area contributed by atoms with Crippen LogP contribution in [0.3, 0.4) is 0 Å². The van der Waals surface area contributed by atoms with Gasteiger partial charge < -0.3 is 0 Å². The molecular weight excluding hydrogens is 384 g/mol. The van der Waals surface area contributed by atoms with E-state index in [2.05, 4.69) is 131 Å². The Morgan fingerprint density at radius 2 is 1.38 bits per heavy atom. The summed E-state index contributed by atoms with van der Waals surface area (Å²) in [5, 5.41) is 0. The molecule has 0 nitrogen and oxygen atoms in total. The predicted molar refractivity (Wildman–Crippen MR) is 143 cm³/mol. The van der Waals surface area contributed by atoms with Gasteiger partial charge in [0.2, 0.25) is 0 Å². The zero-order valence-corrected chi connectivity index (χ0v) is 20.6. The summed E-state index contributed by atoms with van der Waals surface area (Å²) < 4.78 is 0. The summed E-state index contributed by atoms with van der Waals surface area (Å²) >= 11 is 0. The Labute approximate surface area is 196 Å². The highest BCUT2D eigenvalue weighted by atomic mass is 14.4. The van der Waals surface area contributed by atoms with Crippen LogP contribution >= 0.6 is 0 Å². The van der Waals surface area contributed by atoms with Crippen molar-refractivity contribution in [3.8, 4) is 0 Å². The lowest BCUT2D eigenvalue weighted by molar-refractivity contribution is 0.686. The van der Waals surface area contributed by atoms with Gasteiger partial charge in [-0.2, -0.15) is 0 Å². The Kier molecular flexibility index (Phi) is 9.47. The van der Waals surface area contributed by atoms with Crippen molar-refractivity contribution in [2.45, 2.75) is 52.9 Å². The summed E-state index contributed by atoms with van der Waals surface area (Å²) in [5.74, 6) is 0.460. The molecule has 0 unspecified atom stereocenters. The van der Waals surface area contributed by atoms with E-state index in [4.69, 9.17) is 0 Å². The fourth-order valence-electron chi connectivity index (χ4n) is 4.15. The van der Waals surface area contributed by atoms with E-state index in [1.54, 1.807) is 0 Å². The van der Waals surface area contributed by atoms with Gasteiger partial charge in [-0.15, -0.1) is 0 Å². The fourth-order valence-corrected chi connectivity index (χ4v) is 4.15. The van der Waals surface area contributed by atoms with Crippen LogP contribution in [0.1, 0.15) is 75.3 Å². The zero-order valence-electron chi connectivity index (χ0n) is 20.6. The van der Waals surface area contributed by atoms with Crippen LogP contribution in [0.25, 0.3) is 5.57 Å². The van der Waals surface area contributed by atoms with Gasteiger partial charge in [0.15, 0.2) is 0 Å². The van der Waals surface area contributed by atoms with E-state index in [1.165, 1.54) is 33.4 Å². The summed E-state index contributed by atoms with van der Waals surface area (Å²) in [4.78, 5) is 0. The molecule has 3 aromatic rings. The quantitative estimate of drug-likeness (QED) is 0.263. The van der Waals surface area contributed by atoms with Gasteiger partial charge >= 0.3 is 0 Å². The molecule has 0 aliphatic carbocycles. The van der Waals surface area contributed by atoms with E-state index in [-0.39, 0.29) is 5.41 Å². The van der Waals surface area contributed by atoms with Crippen molar-refractivity contribution in [2.24, 2.45) is 0 Å². The van der Waals surface area contributed by atoms with Crippen LogP contribution < -0.4 is 0 Å². The highest BCUT2D eigenvalue weighted by Crippen LogP contribution is 2.43. The summed E-state index contributed by atoms with van der Waals surface area (Å²) in [5.41, 5.74) is 7.38. The third-order valence-electron chi connectivity index (χ3n) is 5.91. The van der Waals surface area contributed by atoms with Crippen molar-refractivity contribution in [3.63, 3.8) is 0 Å². The predicted octanol–water partition coefficient (Wildman–Crippen LogP) is 9.34. The molecule has 0 atom stereocenters. The minimum Gasteiger partial charge on any atom is -0.0990 e. The van der Waals surface area contributed by atoms with Crippen LogP contribution in [-0.4, -0.2) is 0 Å². The molecule has 0 N–H and O–H groups in total. The average molecular weight is 423 g/mol. The first-order valence-electron chi connectivity index (χ1n) is 11.7. The van der Waals surface area contributed by atoms with E-state index in [1.807, 2.05) is 19.9 Å². The van der Waals surface area contributed by atoms with Crippen molar-refractivity contribution < 1.29 is 0 Å². The van der Waals surface area contributed by atoms with Gasteiger partial charge in [-0.3, -0.25) is 0 Å². The number of benzene rings is 3. The normalized spacial score (nSPS) is 11.9. The first-order chi connectivity index (χ1) is 15.5. The van der Waals surface area contributed by atoms with E-state index < -0.39 is 0 Å². The molecule has 0 spiro atoms. The van der Waals surface area contributed by atoms with Gasteiger partial charge in [0.05, 0.1) is 0 Å². The van der Waals surface area contributed by atoms with Crippen LogP contribution in [0.15, 0.2) is 110 Å². The molecular formula is C32H38. The van der Waals surface area contributed by atoms with Gasteiger partial charge in [0, 0.05) is 5.41 Å². The number of hydrogen-bond acceptors (Lipinski definition) is 0. The molecule has 0 fully saturated rings. The van der Waals surface area contributed by atoms with Crippen molar-refractivity contribution in [3.05, 3.63) is 138 Å². The van der Waals surface area contributed by atoms with Crippen LogP contribution in [-0.2, 0) is 5.41 Å². The first kappa shape index (κ1) is 25.1. The third-order valence-corrected chi connectivity index (χ3v) is 5.91. The third kappa shape index (κ3) is 5.37. The van der Waals surface area contributed by atoms with Crippen LogP contribution in [0.2, 0.25) is 0 Å². The standard InChI is InChI=1S/C30H32.C2H6/c1-6-14-24(15-7-2)28-21-20-25(23(3)4)22-29(28)30(5,26-16-10-8-11-17-26)27-18-12-9-13-19-27;1-2/h6-23H,1H2,2-5H3;1-2H3/b15-7-,24-14+;. The molecule has 3 aromatic carbocycles. The Bertz CT molecular complexity index is 994. The lowest BCUT2D eigenvalue weighted by Crippen LogP contribution is -2.27. The summed E-state index contributed by atoms with van der Waals surface area (Å²) in [6, 6.07) is 28.6. The van der Waals surface area contributed by atoms with Gasteiger partial charge in [-0.25, -0.2) is 0 Å². The maximum absolute atomic E-state index is 3.95. The van der Waals surface area contributed by atoms with Crippen LogP contribution in [0.5, 0.6) is 0 Å². The van der Waals surface area contributed by atoms with Gasteiger partial charge in [-0.05, 0) is 53.2 Å². The largest absolute Gasteiger partial charge is 0.0990 e. The number of rotatable bonds is 7. The molecule has 0 bridgehead atoms. The minimum atomic E-state index is -0.287. The van der Waals surface area contributed by atoms with E-state index in [9.17, 15) is 0 Å². The topological polar surface area (TPSA) is 0 Å². The highest BCUT2D eigenvalue weighted by molar-refractivity contribution is 5.79. The monoisotopic (exact) mass is 422 g/mol. The maximum Gasteiger partial charge on any atom is 0.0429 e. The smallest absolute Gasteiger partial charge is 0.0429 e. The molecule has 32 heavy (non-hydrogen) atoms. The molecule has 0 aromatic heterocycles. The molecule has 0 saturated carbocycles. The van der Waals surface area contributed by atoms with Crippen molar-refractivity contribution >= 4 is 5.57 Å². The second-order valence-corrected chi connectivity index (χ2v) is 8.17. The number of hydrogen-bond donors (Lipinski definition) is 0. The molecule has 0 heteroatoms. The Balaban J connectivity index is 0.00000176. The summed E-state index contributed by atoms with van der Waals surface area (Å²) in [6.45, 7) is 16.9. The lowest BCUT2D eigenvalue weighted by Gasteiger charge is -2.34. The minimum absolute atomic E-state index is 0.287. The van der Waals surface area contributed by atoms with E-state index in [0.717, 1.165) is 0 Å². The first-order valence-corrected chi connectivity index (χ1v) is 11.7. The second kappa shape index (κ2) is 12.1. The summed E-state index contributed by atoms with van der Waals surface area (Å²) in [6.07, 6.45) is 8.24.